The Kier molecular flexibility index (Phi) is 5.33. The first-order valence-electron chi connectivity index (χ1n) is 1.96. The van der Waals surface area contributed by atoms with Gasteiger partial charge in [-0.05, 0) is 0 Å². The zero-order valence-electron chi connectivity index (χ0n) is 3.94. The number of hydrogen-bond acceptors (Lipinski definition) is 1. The average molecular weight is 306 g/mol. The van der Waals surface area contributed by atoms with Crippen LogP contribution in [0, 0.1) is 11.3 Å². The SMILES string of the molecule is N#C[C@H](Br)[C@@H](Br)CBr. The fraction of sp³-hybridized carbons (Fsp3) is 0.750. The lowest BCUT2D eigenvalue weighted by Gasteiger charge is -2.02. The zero-order chi connectivity index (χ0) is 6.57. The van der Waals surface area contributed by atoms with Crippen molar-refractivity contribution in [3.8, 4) is 6.07 Å². The molecule has 0 aliphatic heterocycles. The predicted molar refractivity (Wildman–Crippen MR) is 44.8 cm³/mol. The summed E-state index contributed by atoms with van der Waals surface area (Å²) in [4.78, 5) is 0.106. The number of alkyl halides is 3. The number of halogens is 3. The minimum Gasteiger partial charge on any atom is -0.197 e. The molecule has 0 bridgehead atoms. The highest BCUT2D eigenvalue weighted by Crippen LogP contribution is 2.14. The van der Waals surface area contributed by atoms with E-state index in [9.17, 15) is 0 Å². The van der Waals surface area contributed by atoms with Gasteiger partial charge in [0.15, 0.2) is 0 Å². The van der Waals surface area contributed by atoms with Gasteiger partial charge in [0.25, 0.3) is 0 Å². The van der Waals surface area contributed by atoms with E-state index >= 15 is 0 Å². The number of nitriles is 1. The van der Waals surface area contributed by atoms with Gasteiger partial charge in [-0.25, -0.2) is 0 Å². The van der Waals surface area contributed by atoms with Crippen LogP contribution < -0.4 is 0 Å². The van der Waals surface area contributed by atoms with Gasteiger partial charge in [0.1, 0.15) is 4.83 Å². The van der Waals surface area contributed by atoms with Crippen LogP contribution in [-0.4, -0.2) is 15.0 Å². The van der Waals surface area contributed by atoms with Crippen LogP contribution in [0.3, 0.4) is 0 Å². The van der Waals surface area contributed by atoms with Gasteiger partial charge in [-0.2, -0.15) is 5.26 Å². The molecule has 0 N–H and O–H groups in total. The van der Waals surface area contributed by atoms with Gasteiger partial charge in [-0.3, -0.25) is 0 Å². The lowest BCUT2D eigenvalue weighted by atomic mass is 10.4. The predicted octanol–water partition coefficient (Wildman–Crippen LogP) is 2.43. The van der Waals surface area contributed by atoms with Crippen LogP contribution in [-0.2, 0) is 0 Å². The molecule has 0 aromatic heterocycles. The third-order valence-electron chi connectivity index (χ3n) is 0.588. The second-order valence-electron chi connectivity index (χ2n) is 1.20. The molecule has 0 aliphatic rings. The number of rotatable bonds is 2. The van der Waals surface area contributed by atoms with Crippen molar-refractivity contribution in [2.45, 2.75) is 9.65 Å². The Balaban J connectivity index is 3.49. The van der Waals surface area contributed by atoms with Crippen LogP contribution in [0.1, 0.15) is 0 Å². The maximum atomic E-state index is 8.29. The van der Waals surface area contributed by atoms with Gasteiger partial charge in [0, 0.05) is 10.2 Å². The van der Waals surface area contributed by atoms with E-state index in [0.717, 1.165) is 5.33 Å². The number of nitrogens with zero attached hydrogens (tertiary/aromatic N) is 1. The van der Waals surface area contributed by atoms with Gasteiger partial charge in [-0.15, -0.1) is 0 Å². The summed E-state index contributed by atoms with van der Waals surface area (Å²) in [5.74, 6) is 0. The highest BCUT2D eigenvalue weighted by molar-refractivity contribution is 9.13. The van der Waals surface area contributed by atoms with Crippen LogP contribution in [0.25, 0.3) is 0 Å². The van der Waals surface area contributed by atoms with Gasteiger partial charge in [0.05, 0.1) is 6.07 Å². The smallest absolute Gasteiger partial charge is 0.115 e. The number of hydrogen-bond donors (Lipinski definition) is 0. The summed E-state index contributed by atoms with van der Waals surface area (Å²) in [7, 11) is 0. The fourth-order valence-corrected chi connectivity index (χ4v) is 1.34. The van der Waals surface area contributed by atoms with Crippen molar-refractivity contribution in [2.24, 2.45) is 0 Å². The molecule has 2 atom stereocenters. The zero-order valence-corrected chi connectivity index (χ0v) is 8.70. The summed E-state index contributed by atoms with van der Waals surface area (Å²) in [6.45, 7) is 0. The van der Waals surface area contributed by atoms with E-state index in [1.807, 2.05) is 0 Å². The monoisotopic (exact) mass is 303 g/mol. The van der Waals surface area contributed by atoms with E-state index in [-0.39, 0.29) is 9.65 Å². The van der Waals surface area contributed by atoms with Crippen molar-refractivity contribution in [2.75, 3.05) is 5.33 Å². The molecular formula is C4H4Br3N. The van der Waals surface area contributed by atoms with Gasteiger partial charge >= 0.3 is 0 Å². The van der Waals surface area contributed by atoms with Crippen molar-refractivity contribution in [1.82, 2.24) is 0 Å². The van der Waals surface area contributed by atoms with Gasteiger partial charge < -0.3 is 0 Å². The Bertz CT molecular complexity index is 97.9. The molecule has 0 amide bonds. The molecular weight excluding hydrogens is 302 g/mol. The first kappa shape index (κ1) is 8.93. The Morgan fingerprint density at radius 3 is 2.12 bits per heavy atom. The van der Waals surface area contributed by atoms with Crippen molar-refractivity contribution in [1.29, 1.82) is 5.26 Å². The molecule has 0 radical (unpaired) electrons. The lowest BCUT2D eigenvalue weighted by molar-refractivity contribution is 1.06. The Morgan fingerprint density at radius 2 is 2.00 bits per heavy atom. The lowest BCUT2D eigenvalue weighted by Crippen LogP contribution is -2.12. The van der Waals surface area contributed by atoms with E-state index in [2.05, 4.69) is 53.9 Å². The first-order chi connectivity index (χ1) is 3.72. The van der Waals surface area contributed by atoms with E-state index in [4.69, 9.17) is 5.26 Å². The molecule has 0 fully saturated rings. The summed E-state index contributed by atoms with van der Waals surface area (Å²) in [6, 6.07) is 2.06. The topological polar surface area (TPSA) is 23.8 Å². The Labute approximate surface area is 73.8 Å². The average Bonchev–Trinajstić information content (AvgIpc) is 1.84. The molecule has 0 aliphatic carbocycles. The molecule has 0 saturated heterocycles. The molecule has 0 saturated carbocycles. The third kappa shape index (κ3) is 3.06. The third-order valence-corrected chi connectivity index (χ3v) is 4.56. The van der Waals surface area contributed by atoms with Crippen molar-refractivity contribution in [3.05, 3.63) is 0 Å². The second kappa shape index (κ2) is 4.78. The Morgan fingerprint density at radius 1 is 1.50 bits per heavy atom. The molecule has 0 unspecified atom stereocenters. The van der Waals surface area contributed by atoms with E-state index in [1.165, 1.54) is 0 Å². The van der Waals surface area contributed by atoms with Crippen LogP contribution in [0.15, 0.2) is 0 Å². The summed E-state index contributed by atoms with van der Waals surface area (Å²) in [6.07, 6.45) is 0. The van der Waals surface area contributed by atoms with E-state index < -0.39 is 0 Å². The standard InChI is InChI=1S/C4H4Br3N/c5-1-3(6)4(7)2-8/h3-4H,1H2/t3-,4-/m0/s1. The minimum absolute atomic E-state index is 0.0955. The molecule has 4 heteroatoms. The quantitative estimate of drug-likeness (QED) is 0.719. The highest BCUT2D eigenvalue weighted by Gasteiger charge is 2.11. The molecule has 1 nitrogen and oxygen atoms in total. The molecule has 0 rings (SSSR count). The van der Waals surface area contributed by atoms with Crippen molar-refractivity contribution < 1.29 is 0 Å². The fourth-order valence-electron chi connectivity index (χ4n) is 0.159. The largest absolute Gasteiger partial charge is 0.197 e. The van der Waals surface area contributed by atoms with Crippen LogP contribution in [0.4, 0.5) is 0 Å². The molecule has 0 spiro atoms. The van der Waals surface area contributed by atoms with Gasteiger partial charge in [0.2, 0.25) is 0 Å². The van der Waals surface area contributed by atoms with Crippen molar-refractivity contribution in [3.63, 3.8) is 0 Å². The van der Waals surface area contributed by atoms with Crippen LogP contribution in [0.5, 0.6) is 0 Å². The van der Waals surface area contributed by atoms with E-state index in [1.54, 1.807) is 0 Å². The molecule has 0 aromatic rings. The maximum Gasteiger partial charge on any atom is 0.115 e. The van der Waals surface area contributed by atoms with Gasteiger partial charge in [-0.1, -0.05) is 47.8 Å². The summed E-state index contributed by atoms with van der Waals surface area (Å²) in [5, 5.41) is 9.08. The summed E-state index contributed by atoms with van der Waals surface area (Å²) in [5.41, 5.74) is 0. The molecule has 8 heavy (non-hydrogen) atoms. The first-order valence-corrected chi connectivity index (χ1v) is 4.91. The molecule has 0 aromatic carbocycles. The van der Waals surface area contributed by atoms with Crippen LogP contribution >= 0.6 is 47.8 Å². The minimum atomic E-state index is -0.0955. The maximum absolute atomic E-state index is 8.29. The highest BCUT2D eigenvalue weighted by atomic mass is 79.9. The normalized spacial score (nSPS) is 16.8. The summed E-state index contributed by atoms with van der Waals surface area (Å²) >= 11 is 9.68. The van der Waals surface area contributed by atoms with E-state index in [0.29, 0.717) is 0 Å². The molecule has 46 valence electrons. The second-order valence-corrected chi connectivity index (χ2v) is 4.01. The van der Waals surface area contributed by atoms with Crippen LogP contribution in [0.2, 0.25) is 0 Å². The van der Waals surface area contributed by atoms with Crippen molar-refractivity contribution >= 4 is 47.8 Å². The Hall–Kier alpha value is 0.930. The molecule has 0 heterocycles. The summed E-state index contributed by atoms with van der Waals surface area (Å²) < 4.78 is 0.